The van der Waals surface area contributed by atoms with Gasteiger partial charge in [0.2, 0.25) is 0 Å². The first-order valence-corrected chi connectivity index (χ1v) is 12.5. The summed E-state index contributed by atoms with van der Waals surface area (Å²) in [4.78, 5) is 13.1. The predicted molar refractivity (Wildman–Crippen MR) is 110 cm³/mol. The van der Waals surface area contributed by atoms with Gasteiger partial charge in [0.25, 0.3) is 10.9 Å². The fourth-order valence-electron chi connectivity index (χ4n) is 4.18. The summed E-state index contributed by atoms with van der Waals surface area (Å²) in [5.74, 6) is -3.87. The Labute approximate surface area is 195 Å². The standard InChI is InChI=1S/C20H21F6N5O3S/c1-35(27,34)14-8-13(4-5-31(14)33)28-18(32)17-15(20(24,25)26)16(11-2-3-11)29-30(17)9-10-6-12(7-10)19(21,22)23/h4-5,8,10-12,27H,2-3,6-7,9H2,1H3,(H,28,32). The lowest BCUT2D eigenvalue weighted by molar-refractivity contribution is -0.646. The fraction of sp³-hybridized carbons (Fsp3) is 0.550. The Balaban J connectivity index is 1.69. The Morgan fingerprint density at radius 1 is 1.29 bits per heavy atom. The molecule has 15 heteroatoms. The molecule has 0 radical (unpaired) electrons. The number of nitrogens with one attached hydrogen (secondary N) is 2. The van der Waals surface area contributed by atoms with Crippen molar-refractivity contribution in [2.45, 2.75) is 55.5 Å². The molecule has 0 bridgehead atoms. The summed E-state index contributed by atoms with van der Waals surface area (Å²) in [5.41, 5.74) is -2.56. The molecule has 0 aromatic carbocycles. The molecule has 0 aliphatic heterocycles. The summed E-state index contributed by atoms with van der Waals surface area (Å²) < 4.78 is 101. The van der Waals surface area contributed by atoms with E-state index in [2.05, 4.69) is 10.4 Å². The van der Waals surface area contributed by atoms with E-state index < -0.39 is 62.0 Å². The number of hydrogen-bond donors (Lipinski definition) is 2. The molecule has 2 aromatic rings. The Morgan fingerprint density at radius 2 is 1.91 bits per heavy atom. The van der Waals surface area contributed by atoms with E-state index in [0.717, 1.165) is 29.3 Å². The van der Waals surface area contributed by atoms with E-state index in [9.17, 15) is 40.6 Å². The van der Waals surface area contributed by atoms with Crippen LogP contribution in [0.15, 0.2) is 23.4 Å². The van der Waals surface area contributed by atoms with E-state index in [4.69, 9.17) is 4.78 Å². The largest absolute Gasteiger partial charge is 0.618 e. The zero-order chi connectivity index (χ0) is 25.9. The van der Waals surface area contributed by atoms with Crippen molar-refractivity contribution < 1.29 is 40.1 Å². The molecular weight excluding hydrogens is 504 g/mol. The molecule has 4 rings (SSSR count). The van der Waals surface area contributed by atoms with E-state index in [1.165, 1.54) is 0 Å². The number of nitrogens with zero attached hydrogens (tertiary/aromatic N) is 3. The van der Waals surface area contributed by atoms with Gasteiger partial charge in [0.15, 0.2) is 6.20 Å². The molecule has 2 fully saturated rings. The minimum atomic E-state index is -4.95. The molecule has 2 aliphatic rings. The van der Waals surface area contributed by atoms with Gasteiger partial charge in [-0.3, -0.25) is 9.48 Å². The Morgan fingerprint density at radius 3 is 2.43 bits per heavy atom. The van der Waals surface area contributed by atoms with Gasteiger partial charge in [-0.15, -0.1) is 0 Å². The number of aromatic nitrogens is 3. The lowest BCUT2D eigenvalue weighted by Crippen LogP contribution is -2.38. The minimum absolute atomic E-state index is 0.148. The highest BCUT2D eigenvalue weighted by Crippen LogP contribution is 2.48. The number of carbonyl (C=O) groups excluding carboxylic acids is 1. The summed E-state index contributed by atoms with van der Waals surface area (Å²) in [6, 6.07) is 1.99. The number of pyridine rings is 1. The normalized spacial score (nSPS) is 22.4. The summed E-state index contributed by atoms with van der Waals surface area (Å²) >= 11 is 0. The highest BCUT2D eigenvalue weighted by Gasteiger charge is 2.49. The maximum absolute atomic E-state index is 14.0. The van der Waals surface area contributed by atoms with Crippen molar-refractivity contribution in [1.29, 1.82) is 4.78 Å². The summed E-state index contributed by atoms with van der Waals surface area (Å²) in [6.45, 7) is -0.290. The topological polar surface area (TPSA) is 115 Å². The number of anilines is 1. The third-order valence-electron chi connectivity index (χ3n) is 6.11. The fourth-order valence-corrected chi connectivity index (χ4v) is 4.94. The van der Waals surface area contributed by atoms with Crippen LogP contribution in [0.5, 0.6) is 0 Å². The summed E-state index contributed by atoms with van der Waals surface area (Å²) in [5, 5.41) is 17.5. The van der Waals surface area contributed by atoms with Gasteiger partial charge in [0.05, 0.1) is 17.3 Å². The molecule has 2 N–H and O–H groups in total. The molecule has 2 saturated carbocycles. The van der Waals surface area contributed by atoms with Crippen LogP contribution in [0, 0.1) is 21.8 Å². The Hall–Kier alpha value is -2.84. The van der Waals surface area contributed by atoms with Crippen LogP contribution in [-0.4, -0.2) is 32.3 Å². The predicted octanol–water partition coefficient (Wildman–Crippen LogP) is 4.29. The first-order chi connectivity index (χ1) is 16.1. The van der Waals surface area contributed by atoms with Crippen LogP contribution in [0.25, 0.3) is 0 Å². The smallest absolute Gasteiger partial charge is 0.420 e. The van der Waals surface area contributed by atoms with Gasteiger partial charge in [-0.25, -0.2) is 8.99 Å². The molecule has 1 unspecified atom stereocenters. The lowest BCUT2D eigenvalue weighted by Gasteiger charge is -2.36. The van der Waals surface area contributed by atoms with Crippen molar-refractivity contribution in [3.05, 3.63) is 40.5 Å². The zero-order valence-electron chi connectivity index (χ0n) is 18.2. The molecule has 0 saturated heterocycles. The minimum Gasteiger partial charge on any atom is -0.618 e. The summed E-state index contributed by atoms with van der Waals surface area (Å²) in [7, 11) is -3.51. The van der Waals surface area contributed by atoms with Crippen LogP contribution in [0.4, 0.5) is 32.0 Å². The number of carbonyl (C=O) groups is 1. The van der Waals surface area contributed by atoms with Crippen LogP contribution < -0.4 is 10.0 Å². The van der Waals surface area contributed by atoms with Gasteiger partial charge >= 0.3 is 12.4 Å². The Bertz CT molecular complexity index is 1260. The molecule has 2 heterocycles. The second-order valence-corrected chi connectivity index (χ2v) is 11.1. The molecule has 192 valence electrons. The molecule has 2 aliphatic carbocycles. The van der Waals surface area contributed by atoms with E-state index in [1.807, 2.05) is 0 Å². The van der Waals surface area contributed by atoms with Crippen molar-refractivity contribution >= 4 is 21.3 Å². The second-order valence-electron chi connectivity index (χ2n) is 9.02. The maximum atomic E-state index is 14.0. The molecule has 8 nitrogen and oxygen atoms in total. The highest BCUT2D eigenvalue weighted by molar-refractivity contribution is 7.91. The average molecular weight is 525 g/mol. The molecule has 0 spiro atoms. The quantitative estimate of drug-likeness (QED) is 0.333. The van der Waals surface area contributed by atoms with Crippen LogP contribution in [-0.2, 0) is 22.5 Å². The van der Waals surface area contributed by atoms with Crippen molar-refractivity contribution in [1.82, 2.24) is 9.78 Å². The molecule has 1 amide bonds. The van der Waals surface area contributed by atoms with E-state index in [0.29, 0.717) is 12.8 Å². The third-order valence-corrected chi connectivity index (χ3v) is 7.21. The van der Waals surface area contributed by atoms with Crippen molar-refractivity contribution in [3.8, 4) is 0 Å². The van der Waals surface area contributed by atoms with Gasteiger partial charge in [-0.2, -0.15) is 36.2 Å². The number of amides is 1. The van der Waals surface area contributed by atoms with Crippen LogP contribution >= 0.6 is 0 Å². The van der Waals surface area contributed by atoms with Crippen molar-refractivity contribution in [2.24, 2.45) is 11.8 Å². The van der Waals surface area contributed by atoms with Gasteiger partial charge in [0, 0.05) is 30.9 Å². The summed E-state index contributed by atoms with van der Waals surface area (Å²) in [6.07, 6.45) is -7.18. The van der Waals surface area contributed by atoms with Gasteiger partial charge in [-0.1, -0.05) is 0 Å². The van der Waals surface area contributed by atoms with Crippen LogP contribution in [0.3, 0.4) is 0 Å². The number of halogens is 6. The third kappa shape index (κ3) is 5.23. The lowest BCUT2D eigenvalue weighted by atomic mass is 9.74. The maximum Gasteiger partial charge on any atom is 0.420 e. The molecular formula is C20H21F6N5O3S. The molecule has 1 atom stereocenters. The Kier molecular flexibility index (Phi) is 6.05. The number of rotatable bonds is 6. The molecule has 35 heavy (non-hydrogen) atoms. The first-order valence-electron chi connectivity index (χ1n) is 10.6. The SMILES string of the molecule is CS(=N)(=O)c1cc(NC(=O)c2c(C(F)(F)F)c(C3CC3)nn2CC2CC(C(F)(F)F)C2)cc[n+]1[O-]. The van der Waals surface area contributed by atoms with Gasteiger partial charge in [-0.05, 0) is 31.6 Å². The van der Waals surface area contributed by atoms with Crippen molar-refractivity contribution in [2.75, 3.05) is 11.6 Å². The van der Waals surface area contributed by atoms with Crippen molar-refractivity contribution in [3.63, 3.8) is 0 Å². The van der Waals surface area contributed by atoms with E-state index >= 15 is 0 Å². The van der Waals surface area contributed by atoms with Gasteiger partial charge in [0.1, 0.15) is 21.0 Å². The highest BCUT2D eigenvalue weighted by atomic mass is 32.2. The van der Waals surface area contributed by atoms with Crippen LogP contribution in [0.2, 0.25) is 0 Å². The number of alkyl halides is 6. The molecule has 2 aromatic heterocycles. The van der Waals surface area contributed by atoms with E-state index in [-0.39, 0.29) is 35.5 Å². The average Bonchev–Trinajstić information content (AvgIpc) is 3.43. The zero-order valence-corrected chi connectivity index (χ0v) is 19.1. The van der Waals surface area contributed by atoms with Gasteiger partial charge < -0.3 is 10.5 Å². The second kappa shape index (κ2) is 8.38. The van der Waals surface area contributed by atoms with Crippen LogP contribution in [0.1, 0.15) is 53.3 Å². The first kappa shape index (κ1) is 25.3. The number of hydrogen-bond acceptors (Lipinski definition) is 5. The monoisotopic (exact) mass is 525 g/mol. The van der Waals surface area contributed by atoms with E-state index in [1.54, 1.807) is 0 Å².